The molecule has 6 heteroatoms. The van der Waals surface area contributed by atoms with Gasteiger partial charge in [-0.05, 0) is 28.5 Å². The third-order valence-electron chi connectivity index (χ3n) is 5.52. The molecule has 1 amide bonds. The lowest BCUT2D eigenvalue weighted by Gasteiger charge is -2.21. The SMILES string of the molecule is Cn1nc2c(c1NC(=O)C[C@H](c1cccc3ccccc13)n1cccc1)CSC2. The van der Waals surface area contributed by atoms with Gasteiger partial charge in [0, 0.05) is 36.5 Å². The number of benzene rings is 2. The Balaban J connectivity index is 1.48. The second-order valence-corrected chi connectivity index (χ2v) is 8.34. The Kier molecular flexibility index (Phi) is 4.64. The first-order valence-corrected chi connectivity index (χ1v) is 10.9. The van der Waals surface area contributed by atoms with E-state index in [1.54, 1.807) is 4.68 Å². The van der Waals surface area contributed by atoms with Gasteiger partial charge in [-0.3, -0.25) is 9.48 Å². The Morgan fingerprint density at radius 2 is 1.90 bits per heavy atom. The van der Waals surface area contributed by atoms with Crippen molar-refractivity contribution in [2.75, 3.05) is 5.32 Å². The van der Waals surface area contributed by atoms with Crippen molar-refractivity contribution >= 4 is 34.3 Å². The van der Waals surface area contributed by atoms with Crippen LogP contribution in [0.3, 0.4) is 0 Å². The van der Waals surface area contributed by atoms with Crippen LogP contribution in [0.2, 0.25) is 0 Å². The van der Waals surface area contributed by atoms with E-state index in [1.807, 2.05) is 49.4 Å². The van der Waals surface area contributed by atoms with E-state index < -0.39 is 0 Å². The highest BCUT2D eigenvalue weighted by Gasteiger charge is 2.25. The van der Waals surface area contributed by atoms with Gasteiger partial charge in [-0.25, -0.2) is 0 Å². The molecule has 0 saturated carbocycles. The van der Waals surface area contributed by atoms with E-state index in [0.717, 1.165) is 34.1 Å². The number of aryl methyl sites for hydroxylation is 1. The smallest absolute Gasteiger partial charge is 0.227 e. The van der Waals surface area contributed by atoms with Gasteiger partial charge >= 0.3 is 0 Å². The van der Waals surface area contributed by atoms with E-state index in [2.05, 4.69) is 51.4 Å². The summed E-state index contributed by atoms with van der Waals surface area (Å²) < 4.78 is 3.91. The number of fused-ring (bicyclic) bond motifs is 2. The molecule has 3 heterocycles. The number of nitrogens with one attached hydrogen (secondary N) is 1. The summed E-state index contributed by atoms with van der Waals surface area (Å²) in [6, 6.07) is 18.6. The van der Waals surface area contributed by atoms with Crippen LogP contribution < -0.4 is 5.32 Å². The Morgan fingerprint density at radius 3 is 2.76 bits per heavy atom. The number of rotatable bonds is 5. The number of carbonyl (C=O) groups is 1. The van der Waals surface area contributed by atoms with Gasteiger partial charge in [0.25, 0.3) is 0 Å². The van der Waals surface area contributed by atoms with Gasteiger partial charge in [-0.15, -0.1) is 0 Å². The molecule has 1 atom stereocenters. The third-order valence-corrected chi connectivity index (χ3v) is 6.49. The fourth-order valence-electron chi connectivity index (χ4n) is 4.13. The molecule has 0 radical (unpaired) electrons. The Bertz CT molecular complexity index is 1170. The van der Waals surface area contributed by atoms with Crippen LogP contribution in [0.15, 0.2) is 67.0 Å². The van der Waals surface area contributed by atoms with Crippen LogP contribution in [0.25, 0.3) is 10.8 Å². The predicted molar refractivity (Wildman–Crippen MR) is 118 cm³/mol. The van der Waals surface area contributed by atoms with Crippen molar-refractivity contribution in [2.24, 2.45) is 7.05 Å². The fraction of sp³-hybridized carbons (Fsp3) is 0.217. The van der Waals surface area contributed by atoms with Gasteiger partial charge in [-0.1, -0.05) is 42.5 Å². The lowest BCUT2D eigenvalue weighted by atomic mass is 9.96. The van der Waals surface area contributed by atoms with Crippen molar-refractivity contribution in [1.82, 2.24) is 14.3 Å². The molecule has 5 rings (SSSR count). The number of carbonyl (C=O) groups excluding carboxylic acids is 1. The first-order chi connectivity index (χ1) is 14.2. The largest absolute Gasteiger partial charge is 0.346 e. The Morgan fingerprint density at radius 1 is 1.10 bits per heavy atom. The number of thioether (sulfide) groups is 1. The summed E-state index contributed by atoms with van der Waals surface area (Å²) in [5.41, 5.74) is 3.40. The van der Waals surface area contributed by atoms with Crippen LogP contribution in [0.4, 0.5) is 5.82 Å². The maximum atomic E-state index is 13.1. The number of nitrogens with zero attached hydrogens (tertiary/aromatic N) is 3. The van der Waals surface area contributed by atoms with Gasteiger partial charge in [-0.2, -0.15) is 16.9 Å². The second kappa shape index (κ2) is 7.44. The molecular formula is C23H22N4OS. The molecule has 0 saturated heterocycles. The van der Waals surface area contributed by atoms with Crippen molar-refractivity contribution in [3.63, 3.8) is 0 Å². The molecule has 29 heavy (non-hydrogen) atoms. The molecule has 146 valence electrons. The lowest BCUT2D eigenvalue weighted by Crippen LogP contribution is -2.21. The van der Waals surface area contributed by atoms with Crippen molar-refractivity contribution in [3.8, 4) is 0 Å². The molecule has 1 N–H and O–H groups in total. The minimum Gasteiger partial charge on any atom is -0.346 e. The van der Waals surface area contributed by atoms with Gasteiger partial charge in [0.15, 0.2) is 0 Å². The highest BCUT2D eigenvalue weighted by molar-refractivity contribution is 7.98. The lowest BCUT2D eigenvalue weighted by molar-refractivity contribution is -0.116. The van der Waals surface area contributed by atoms with Crippen molar-refractivity contribution in [3.05, 3.63) is 83.8 Å². The van der Waals surface area contributed by atoms with E-state index in [4.69, 9.17) is 0 Å². The zero-order chi connectivity index (χ0) is 19.8. The molecule has 4 aromatic rings. The highest BCUT2D eigenvalue weighted by atomic mass is 32.2. The molecule has 0 bridgehead atoms. The van der Waals surface area contributed by atoms with Crippen LogP contribution in [0.5, 0.6) is 0 Å². The maximum absolute atomic E-state index is 13.1. The zero-order valence-corrected chi connectivity index (χ0v) is 17.0. The normalized spacial score (nSPS) is 14.1. The quantitative estimate of drug-likeness (QED) is 0.525. The van der Waals surface area contributed by atoms with Gasteiger partial charge in [0.05, 0.1) is 18.2 Å². The molecule has 1 aliphatic rings. The van der Waals surface area contributed by atoms with Crippen LogP contribution >= 0.6 is 11.8 Å². The number of anilines is 1. The monoisotopic (exact) mass is 402 g/mol. The summed E-state index contributed by atoms with van der Waals surface area (Å²) in [6.45, 7) is 0. The molecule has 0 aliphatic carbocycles. The minimum atomic E-state index is -0.0771. The van der Waals surface area contributed by atoms with E-state index in [1.165, 1.54) is 10.8 Å². The molecule has 2 aromatic carbocycles. The van der Waals surface area contributed by atoms with Crippen LogP contribution in [0.1, 0.15) is 29.3 Å². The Hall–Kier alpha value is -2.99. The average molecular weight is 403 g/mol. The summed E-state index contributed by atoms with van der Waals surface area (Å²) in [6.07, 6.45) is 4.41. The molecular weight excluding hydrogens is 380 g/mol. The van der Waals surface area contributed by atoms with Crippen molar-refractivity contribution in [2.45, 2.75) is 24.0 Å². The Labute approximate surface area is 173 Å². The average Bonchev–Trinajstić information content (AvgIpc) is 3.46. The molecule has 0 fully saturated rings. The zero-order valence-electron chi connectivity index (χ0n) is 16.2. The van der Waals surface area contributed by atoms with Crippen molar-refractivity contribution < 1.29 is 4.79 Å². The van der Waals surface area contributed by atoms with E-state index in [9.17, 15) is 4.79 Å². The summed E-state index contributed by atoms with van der Waals surface area (Å²) in [5.74, 6) is 2.66. The van der Waals surface area contributed by atoms with Gasteiger partial charge < -0.3 is 9.88 Å². The number of aromatic nitrogens is 3. The van der Waals surface area contributed by atoms with Crippen LogP contribution in [-0.2, 0) is 23.3 Å². The first-order valence-electron chi connectivity index (χ1n) is 9.73. The number of hydrogen-bond donors (Lipinski definition) is 1. The summed E-state index contributed by atoms with van der Waals surface area (Å²) >= 11 is 1.84. The van der Waals surface area contributed by atoms with E-state index >= 15 is 0 Å². The number of hydrogen-bond acceptors (Lipinski definition) is 3. The van der Waals surface area contributed by atoms with Crippen molar-refractivity contribution in [1.29, 1.82) is 0 Å². The summed E-state index contributed by atoms with van der Waals surface area (Å²) in [4.78, 5) is 13.1. The van der Waals surface area contributed by atoms with Crippen LogP contribution in [0, 0.1) is 0 Å². The predicted octanol–water partition coefficient (Wildman–Crippen LogP) is 4.74. The van der Waals surface area contributed by atoms with Crippen LogP contribution in [-0.4, -0.2) is 20.3 Å². The standard InChI is InChI=1S/C23H22N4OS/c1-26-23(19-14-29-15-20(19)25-26)24-22(28)13-21(27-11-4-5-12-27)18-10-6-8-16-7-2-3-9-17(16)18/h2-12,21H,13-15H2,1H3,(H,24,28)/t21-/m1/s1. The highest BCUT2D eigenvalue weighted by Crippen LogP contribution is 2.35. The topological polar surface area (TPSA) is 51.9 Å². The third kappa shape index (κ3) is 3.34. The summed E-state index contributed by atoms with van der Waals surface area (Å²) in [5, 5.41) is 10.0. The molecule has 0 unspecified atom stereocenters. The minimum absolute atomic E-state index is 0.000616. The van der Waals surface area contributed by atoms with E-state index in [-0.39, 0.29) is 11.9 Å². The fourth-order valence-corrected chi connectivity index (χ4v) is 5.16. The van der Waals surface area contributed by atoms with Gasteiger partial charge in [0.2, 0.25) is 5.91 Å². The maximum Gasteiger partial charge on any atom is 0.227 e. The number of amides is 1. The molecule has 0 spiro atoms. The second-order valence-electron chi connectivity index (χ2n) is 7.36. The molecule has 2 aromatic heterocycles. The molecule has 5 nitrogen and oxygen atoms in total. The first kappa shape index (κ1) is 18.1. The molecule has 1 aliphatic heterocycles. The van der Waals surface area contributed by atoms with E-state index in [0.29, 0.717) is 6.42 Å². The van der Waals surface area contributed by atoms with Gasteiger partial charge in [0.1, 0.15) is 5.82 Å². The summed E-state index contributed by atoms with van der Waals surface area (Å²) in [7, 11) is 1.90.